The summed E-state index contributed by atoms with van der Waals surface area (Å²) in [7, 11) is 3.73. The maximum absolute atomic E-state index is 15.2. The Morgan fingerprint density at radius 1 is 0.976 bits per heavy atom. The van der Waals surface area contributed by atoms with Crippen molar-refractivity contribution in [2.24, 2.45) is 5.92 Å². The fourth-order valence-corrected chi connectivity index (χ4v) is 5.32. The van der Waals surface area contributed by atoms with E-state index >= 15 is 4.39 Å². The van der Waals surface area contributed by atoms with Crippen molar-refractivity contribution < 1.29 is 18.7 Å². The first-order valence-corrected chi connectivity index (χ1v) is 14.0. The number of hydrogen-bond donors (Lipinski definition) is 2. The Morgan fingerprint density at radius 3 is 2.60 bits per heavy atom. The Labute approximate surface area is 243 Å². The number of benzene rings is 4. The fraction of sp³-hybridized carbons (Fsp3) is 0.242. The predicted molar refractivity (Wildman–Crippen MR) is 163 cm³/mol. The second kappa shape index (κ2) is 12.0. The highest BCUT2D eigenvalue weighted by Crippen LogP contribution is 2.36. The molecule has 0 saturated carbocycles. The van der Waals surface area contributed by atoms with Gasteiger partial charge in [-0.25, -0.2) is 14.4 Å². The van der Waals surface area contributed by atoms with Gasteiger partial charge in [0, 0.05) is 22.7 Å². The quantitative estimate of drug-likeness (QED) is 0.218. The molecule has 0 radical (unpaired) electrons. The molecule has 0 bridgehead atoms. The molecule has 214 valence electrons. The molecule has 0 spiro atoms. The van der Waals surface area contributed by atoms with Gasteiger partial charge in [0.05, 0.1) is 24.9 Å². The Hall–Kier alpha value is -4.76. The smallest absolute Gasteiger partial charge is 0.256 e. The molecular weight excluding hydrogens is 533 g/mol. The summed E-state index contributed by atoms with van der Waals surface area (Å²) in [5.74, 6) is 1.24. The largest absolute Gasteiger partial charge is 0.493 e. The van der Waals surface area contributed by atoms with Crippen LogP contribution in [0, 0.1) is 11.7 Å². The van der Waals surface area contributed by atoms with Crippen molar-refractivity contribution >= 4 is 44.8 Å². The summed E-state index contributed by atoms with van der Waals surface area (Å²) < 4.78 is 27.0. The molecule has 9 heteroatoms. The summed E-state index contributed by atoms with van der Waals surface area (Å²) >= 11 is 0. The monoisotopic (exact) mass is 565 g/mol. The Morgan fingerprint density at radius 2 is 1.79 bits per heavy atom. The molecule has 0 atom stereocenters. The molecule has 4 aromatic carbocycles. The van der Waals surface area contributed by atoms with Gasteiger partial charge < -0.3 is 25.0 Å². The van der Waals surface area contributed by atoms with Crippen LogP contribution in [0.2, 0.25) is 0 Å². The summed E-state index contributed by atoms with van der Waals surface area (Å²) in [6, 6.07) is 21.3. The van der Waals surface area contributed by atoms with E-state index in [1.807, 2.05) is 42.5 Å². The number of piperidine rings is 1. The average Bonchev–Trinajstić information content (AvgIpc) is 3.01. The van der Waals surface area contributed by atoms with Crippen LogP contribution in [0.4, 0.5) is 21.6 Å². The third-order valence-electron chi connectivity index (χ3n) is 7.75. The zero-order valence-electron chi connectivity index (χ0n) is 23.6. The van der Waals surface area contributed by atoms with Gasteiger partial charge in [-0.1, -0.05) is 36.4 Å². The van der Waals surface area contributed by atoms with Crippen LogP contribution in [0.15, 0.2) is 79.1 Å². The summed E-state index contributed by atoms with van der Waals surface area (Å²) in [6.45, 7) is 2.75. The van der Waals surface area contributed by atoms with Crippen molar-refractivity contribution in [1.82, 2.24) is 14.9 Å². The molecule has 1 amide bonds. The Bertz CT molecular complexity index is 1750. The van der Waals surface area contributed by atoms with Crippen LogP contribution in [-0.2, 0) is 0 Å². The van der Waals surface area contributed by atoms with E-state index < -0.39 is 5.82 Å². The van der Waals surface area contributed by atoms with Crippen molar-refractivity contribution in [3.63, 3.8) is 0 Å². The van der Waals surface area contributed by atoms with Crippen LogP contribution in [0.5, 0.6) is 11.5 Å². The van der Waals surface area contributed by atoms with Crippen molar-refractivity contribution in [3.8, 4) is 11.5 Å². The Kier molecular flexibility index (Phi) is 7.83. The second-order valence-corrected chi connectivity index (χ2v) is 10.6. The highest BCUT2D eigenvalue weighted by Gasteiger charge is 2.19. The number of fused-ring (bicyclic) bond motifs is 2. The van der Waals surface area contributed by atoms with Gasteiger partial charge in [0.2, 0.25) is 0 Å². The zero-order chi connectivity index (χ0) is 29.1. The van der Waals surface area contributed by atoms with Gasteiger partial charge in [0.25, 0.3) is 5.91 Å². The number of hydrogen-bond acceptors (Lipinski definition) is 7. The number of carbonyl (C=O) groups excluding carboxylic acids is 1. The lowest BCUT2D eigenvalue weighted by molar-refractivity contribution is 0.102. The number of nitrogens with zero attached hydrogens (tertiary/aromatic N) is 3. The number of aromatic nitrogens is 2. The molecule has 2 heterocycles. The minimum atomic E-state index is -0.539. The number of likely N-dealkylation sites (tertiary alicyclic amines) is 1. The number of anilines is 3. The number of carbonyl (C=O) groups is 1. The van der Waals surface area contributed by atoms with Gasteiger partial charge in [0.15, 0.2) is 11.5 Å². The normalized spacial score (nSPS) is 14.2. The molecule has 1 aliphatic rings. The van der Waals surface area contributed by atoms with Gasteiger partial charge in [-0.3, -0.25) is 4.79 Å². The number of amides is 1. The van der Waals surface area contributed by atoms with E-state index in [0.717, 1.165) is 36.7 Å². The SMILES string of the molecule is COc1cc2c(Nc3ccc(NC(=O)c4cccc5ccccc45)cc3F)ncnc2cc1OCC1CCN(C)CC1. The number of methoxy groups -OCH3 is 1. The summed E-state index contributed by atoms with van der Waals surface area (Å²) in [6.07, 6.45) is 3.62. The minimum absolute atomic E-state index is 0.208. The molecule has 6 rings (SSSR count). The van der Waals surface area contributed by atoms with Crippen LogP contribution in [-0.4, -0.2) is 54.6 Å². The van der Waals surface area contributed by atoms with Crippen molar-refractivity contribution in [2.75, 3.05) is 44.5 Å². The summed E-state index contributed by atoms with van der Waals surface area (Å²) in [4.78, 5) is 24.1. The van der Waals surface area contributed by atoms with Crippen LogP contribution >= 0.6 is 0 Å². The first kappa shape index (κ1) is 27.4. The van der Waals surface area contributed by atoms with Crippen LogP contribution in [0.25, 0.3) is 21.7 Å². The average molecular weight is 566 g/mol. The molecular formula is C33H32FN5O3. The molecule has 42 heavy (non-hydrogen) atoms. The van der Waals surface area contributed by atoms with Crippen molar-refractivity contribution in [2.45, 2.75) is 12.8 Å². The second-order valence-electron chi connectivity index (χ2n) is 10.6. The summed E-state index contributed by atoms with van der Waals surface area (Å²) in [5, 5.41) is 8.33. The molecule has 0 aliphatic carbocycles. The van der Waals surface area contributed by atoms with Crippen molar-refractivity contribution in [3.05, 3.63) is 90.5 Å². The maximum atomic E-state index is 15.2. The lowest BCUT2D eigenvalue weighted by atomic mass is 9.98. The van der Waals surface area contributed by atoms with E-state index in [1.165, 1.54) is 12.4 Å². The van der Waals surface area contributed by atoms with E-state index in [1.54, 1.807) is 31.4 Å². The molecule has 1 aromatic heterocycles. The van der Waals surface area contributed by atoms with Crippen LogP contribution in [0.1, 0.15) is 23.2 Å². The first-order chi connectivity index (χ1) is 20.5. The number of rotatable bonds is 8. The lowest BCUT2D eigenvalue weighted by Gasteiger charge is -2.28. The number of halogens is 1. The van der Waals surface area contributed by atoms with Gasteiger partial charge in [0.1, 0.15) is 18.0 Å². The highest BCUT2D eigenvalue weighted by atomic mass is 19.1. The zero-order valence-corrected chi connectivity index (χ0v) is 23.6. The molecule has 1 aliphatic heterocycles. The molecule has 2 N–H and O–H groups in total. The van der Waals surface area contributed by atoms with E-state index in [-0.39, 0.29) is 11.6 Å². The topological polar surface area (TPSA) is 88.6 Å². The third-order valence-corrected chi connectivity index (χ3v) is 7.75. The molecule has 5 aromatic rings. The van der Waals surface area contributed by atoms with Crippen LogP contribution < -0.4 is 20.1 Å². The lowest BCUT2D eigenvalue weighted by Crippen LogP contribution is -2.32. The van der Waals surface area contributed by atoms with E-state index in [0.29, 0.717) is 52.0 Å². The van der Waals surface area contributed by atoms with Gasteiger partial charge in [-0.2, -0.15) is 0 Å². The standard InChI is InChI=1S/C33H32FN5O3/c1-39-14-12-21(13-15-39)19-42-31-18-29-26(17-30(31)41-2)32(36-20-35-29)38-28-11-10-23(16-27(28)34)37-33(40)25-9-5-7-22-6-3-4-8-24(22)25/h3-11,16-18,20-21H,12-15,19H2,1-2H3,(H,37,40)(H,35,36,38). The van der Waals surface area contributed by atoms with Crippen molar-refractivity contribution in [1.29, 1.82) is 0 Å². The highest BCUT2D eigenvalue weighted by molar-refractivity contribution is 6.13. The minimum Gasteiger partial charge on any atom is -0.493 e. The first-order valence-electron chi connectivity index (χ1n) is 14.0. The van der Waals surface area contributed by atoms with Gasteiger partial charge in [-0.15, -0.1) is 0 Å². The number of ether oxygens (including phenoxy) is 2. The fourth-order valence-electron chi connectivity index (χ4n) is 5.32. The van der Waals surface area contributed by atoms with Crippen LogP contribution in [0.3, 0.4) is 0 Å². The van der Waals surface area contributed by atoms with E-state index in [9.17, 15) is 4.79 Å². The molecule has 8 nitrogen and oxygen atoms in total. The van der Waals surface area contributed by atoms with E-state index in [2.05, 4.69) is 32.5 Å². The molecule has 1 saturated heterocycles. The van der Waals surface area contributed by atoms with Gasteiger partial charge in [-0.05, 0) is 80.0 Å². The van der Waals surface area contributed by atoms with Gasteiger partial charge >= 0.3 is 0 Å². The summed E-state index contributed by atoms with van der Waals surface area (Å²) in [5.41, 5.74) is 1.72. The molecule has 1 fully saturated rings. The predicted octanol–water partition coefficient (Wildman–Crippen LogP) is 6.65. The Balaban J connectivity index is 1.19. The number of nitrogens with one attached hydrogen (secondary N) is 2. The maximum Gasteiger partial charge on any atom is 0.256 e. The third kappa shape index (κ3) is 5.82. The molecule has 0 unspecified atom stereocenters. The van der Waals surface area contributed by atoms with E-state index in [4.69, 9.17) is 9.47 Å².